The van der Waals surface area contributed by atoms with Gasteiger partial charge < -0.3 is 5.32 Å². The monoisotopic (exact) mass is 350 g/mol. The van der Waals surface area contributed by atoms with Gasteiger partial charge in [0.15, 0.2) is 0 Å². The number of rotatable bonds is 7. The number of carbonyl (C=O) groups is 1. The van der Waals surface area contributed by atoms with Crippen LogP contribution < -0.4 is 5.32 Å². The second kappa shape index (κ2) is 8.19. The number of hydrogen-bond acceptors (Lipinski definition) is 2. The van der Waals surface area contributed by atoms with Crippen LogP contribution in [0.4, 0.5) is 0 Å². The molecule has 0 saturated carbocycles. The minimum absolute atomic E-state index is 0.105. The average Bonchev–Trinajstić information content (AvgIpc) is 2.47. The van der Waals surface area contributed by atoms with Gasteiger partial charge in [0.05, 0.1) is 12.1 Å². The number of nitrogens with one attached hydrogen (secondary N) is 1. The largest absolute Gasteiger partial charge is 0.348 e. The van der Waals surface area contributed by atoms with E-state index in [1.165, 1.54) is 0 Å². The first-order valence-electron chi connectivity index (χ1n) is 7.46. The zero-order valence-corrected chi connectivity index (χ0v) is 14.5. The highest BCUT2D eigenvalue weighted by Gasteiger charge is 2.37. The normalized spacial score (nSPS) is 12.5. The molecule has 1 amide bonds. The maximum atomic E-state index is 12.6. The minimum atomic E-state index is -0.896. The predicted molar refractivity (Wildman–Crippen MR) is 88.6 cm³/mol. The lowest BCUT2D eigenvalue weighted by molar-refractivity contribution is -0.129. The molecule has 1 rings (SSSR count). The van der Waals surface area contributed by atoms with Crippen LogP contribution in [0.5, 0.6) is 0 Å². The van der Waals surface area contributed by atoms with Crippen molar-refractivity contribution >= 4 is 21.8 Å². The summed E-state index contributed by atoms with van der Waals surface area (Å²) in [7, 11) is 0. The molecule has 0 aromatic heterocycles. The first-order valence-corrected chi connectivity index (χ1v) is 8.26. The topological polar surface area (TPSA) is 52.9 Å². The van der Waals surface area contributed by atoms with Crippen LogP contribution in [0.15, 0.2) is 28.7 Å². The van der Waals surface area contributed by atoms with Crippen molar-refractivity contribution in [1.29, 1.82) is 5.26 Å². The number of carbonyl (C=O) groups excluding carboxylic acids is 1. The zero-order valence-electron chi connectivity index (χ0n) is 12.9. The molecule has 0 heterocycles. The van der Waals surface area contributed by atoms with Crippen molar-refractivity contribution in [3.05, 3.63) is 34.3 Å². The summed E-state index contributed by atoms with van der Waals surface area (Å²) in [4.78, 5) is 12.6. The standard InChI is InChI=1S/C17H23BrN2O/c1-4-10-17(12-19,11-5-2)16(21)20-13(3)14-6-8-15(18)9-7-14/h6-9,13H,4-5,10-11H2,1-3H3,(H,20,21)/t13-/m1/s1. The average molecular weight is 351 g/mol. The third kappa shape index (κ3) is 4.57. The number of amides is 1. The van der Waals surface area contributed by atoms with Gasteiger partial charge in [0.2, 0.25) is 5.91 Å². The van der Waals surface area contributed by atoms with Crippen molar-refractivity contribution in [2.75, 3.05) is 0 Å². The van der Waals surface area contributed by atoms with Gasteiger partial charge in [-0.1, -0.05) is 54.8 Å². The molecule has 0 bridgehead atoms. The first-order chi connectivity index (χ1) is 9.99. The summed E-state index contributed by atoms with van der Waals surface area (Å²) in [6, 6.07) is 10.0. The van der Waals surface area contributed by atoms with Gasteiger partial charge in [-0.15, -0.1) is 0 Å². The van der Waals surface area contributed by atoms with Crippen LogP contribution >= 0.6 is 15.9 Å². The van der Waals surface area contributed by atoms with E-state index in [4.69, 9.17) is 0 Å². The summed E-state index contributed by atoms with van der Waals surface area (Å²) in [5.74, 6) is -0.149. The molecule has 1 N–H and O–H groups in total. The highest BCUT2D eigenvalue weighted by molar-refractivity contribution is 9.10. The number of nitrogens with zero attached hydrogens (tertiary/aromatic N) is 1. The third-order valence-corrected chi connectivity index (χ3v) is 4.25. The zero-order chi connectivity index (χ0) is 15.9. The highest BCUT2D eigenvalue weighted by atomic mass is 79.9. The molecular formula is C17H23BrN2O. The quantitative estimate of drug-likeness (QED) is 0.772. The number of nitriles is 1. The van der Waals surface area contributed by atoms with Gasteiger partial charge >= 0.3 is 0 Å². The van der Waals surface area contributed by atoms with Gasteiger partial charge in [-0.2, -0.15) is 5.26 Å². The van der Waals surface area contributed by atoms with E-state index < -0.39 is 5.41 Å². The van der Waals surface area contributed by atoms with Crippen LogP contribution in [0.2, 0.25) is 0 Å². The Balaban J connectivity index is 2.86. The Morgan fingerprint density at radius 2 is 1.81 bits per heavy atom. The van der Waals surface area contributed by atoms with Gasteiger partial charge in [-0.25, -0.2) is 0 Å². The molecule has 0 saturated heterocycles. The van der Waals surface area contributed by atoms with Crippen LogP contribution in [-0.4, -0.2) is 5.91 Å². The summed E-state index contributed by atoms with van der Waals surface area (Å²) in [5.41, 5.74) is 0.138. The maximum absolute atomic E-state index is 12.6. The maximum Gasteiger partial charge on any atom is 0.240 e. The minimum Gasteiger partial charge on any atom is -0.348 e. The molecule has 0 fully saturated rings. The molecule has 0 aliphatic rings. The molecule has 0 radical (unpaired) electrons. The second-order valence-corrected chi connectivity index (χ2v) is 6.36. The molecular weight excluding hydrogens is 328 g/mol. The van der Waals surface area contributed by atoms with E-state index in [1.807, 2.05) is 45.0 Å². The van der Waals surface area contributed by atoms with Gasteiger partial charge in [0.1, 0.15) is 5.41 Å². The summed E-state index contributed by atoms with van der Waals surface area (Å²) >= 11 is 3.40. The molecule has 1 aromatic rings. The van der Waals surface area contributed by atoms with E-state index in [1.54, 1.807) is 0 Å². The lowest BCUT2D eigenvalue weighted by Gasteiger charge is -2.27. The molecule has 4 heteroatoms. The van der Waals surface area contributed by atoms with Crippen LogP contribution in [0.1, 0.15) is 58.1 Å². The van der Waals surface area contributed by atoms with Crippen LogP contribution in [0.25, 0.3) is 0 Å². The molecule has 114 valence electrons. The number of halogens is 1. The molecule has 0 unspecified atom stereocenters. The van der Waals surface area contributed by atoms with Crippen molar-refractivity contribution in [3.8, 4) is 6.07 Å². The summed E-state index contributed by atoms with van der Waals surface area (Å²) in [6.07, 6.45) is 2.87. The lowest BCUT2D eigenvalue weighted by atomic mass is 9.79. The Hall–Kier alpha value is -1.34. The Morgan fingerprint density at radius 1 is 1.29 bits per heavy atom. The smallest absolute Gasteiger partial charge is 0.240 e. The Morgan fingerprint density at radius 3 is 2.24 bits per heavy atom. The van der Waals surface area contributed by atoms with E-state index in [9.17, 15) is 10.1 Å². The van der Waals surface area contributed by atoms with Gasteiger partial charge in [0, 0.05) is 4.47 Å². The molecule has 3 nitrogen and oxygen atoms in total. The van der Waals surface area contributed by atoms with Gasteiger partial charge in [0.25, 0.3) is 0 Å². The fourth-order valence-electron chi connectivity index (χ4n) is 2.54. The van der Waals surface area contributed by atoms with Crippen molar-refractivity contribution in [2.45, 2.75) is 52.5 Å². The van der Waals surface area contributed by atoms with Crippen molar-refractivity contribution in [3.63, 3.8) is 0 Å². The predicted octanol–water partition coefficient (Wildman–Crippen LogP) is 4.74. The Kier molecular flexibility index (Phi) is 6.91. The van der Waals surface area contributed by atoms with E-state index in [2.05, 4.69) is 27.3 Å². The summed E-state index contributed by atoms with van der Waals surface area (Å²) < 4.78 is 1.01. The molecule has 0 aliphatic heterocycles. The molecule has 0 aliphatic carbocycles. The Labute approximate surface area is 135 Å². The molecule has 0 spiro atoms. The lowest BCUT2D eigenvalue weighted by Crippen LogP contribution is -2.41. The highest BCUT2D eigenvalue weighted by Crippen LogP contribution is 2.30. The summed E-state index contributed by atoms with van der Waals surface area (Å²) in [5, 5.41) is 12.5. The second-order valence-electron chi connectivity index (χ2n) is 5.44. The molecule has 21 heavy (non-hydrogen) atoms. The van der Waals surface area contributed by atoms with E-state index in [-0.39, 0.29) is 11.9 Å². The van der Waals surface area contributed by atoms with E-state index in [0.717, 1.165) is 22.9 Å². The van der Waals surface area contributed by atoms with E-state index >= 15 is 0 Å². The Bertz CT molecular complexity index is 499. The van der Waals surface area contributed by atoms with Crippen LogP contribution in [0.3, 0.4) is 0 Å². The summed E-state index contributed by atoms with van der Waals surface area (Å²) in [6.45, 7) is 5.96. The molecule has 1 aromatic carbocycles. The number of hydrogen-bond donors (Lipinski definition) is 1. The van der Waals surface area contributed by atoms with Crippen molar-refractivity contribution < 1.29 is 4.79 Å². The van der Waals surface area contributed by atoms with Crippen LogP contribution in [-0.2, 0) is 4.79 Å². The fourth-order valence-corrected chi connectivity index (χ4v) is 2.80. The fraction of sp³-hybridized carbons (Fsp3) is 0.529. The van der Waals surface area contributed by atoms with E-state index in [0.29, 0.717) is 12.8 Å². The van der Waals surface area contributed by atoms with Gasteiger partial charge in [-0.05, 0) is 37.5 Å². The molecule has 1 atom stereocenters. The SMILES string of the molecule is CCCC(C#N)(CCC)C(=O)N[C@H](C)c1ccc(Br)cc1. The van der Waals surface area contributed by atoms with Crippen molar-refractivity contribution in [1.82, 2.24) is 5.32 Å². The van der Waals surface area contributed by atoms with Crippen molar-refractivity contribution in [2.24, 2.45) is 5.41 Å². The van der Waals surface area contributed by atoms with Gasteiger partial charge in [-0.3, -0.25) is 4.79 Å². The first kappa shape index (κ1) is 17.7. The van der Waals surface area contributed by atoms with Crippen LogP contribution in [0, 0.1) is 16.7 Å². The number of benzene rings is 1. The third-order valence-electron chi connectivity index (χ3n) is 3.72.